The quantitative estimate of drug-likeness (QED) is 0.687. The van der Waals surface area contributed by atoms with Crippen LogP contribution in [0.2, 0.25) is 5.02 Å². The summed E-state index contributed by atoms with van der Waals surface area (Å²) in [7, 11) is 3.70. The van der Waals surface area contributed by atoms with Gasteiger partial charge in [-0.15, -0.1) is 0 Å². The topological polar surface area (TPSA) is 67.4 Å². The summed E-state index contributed by atoms with van der Waals surface area (Å²) in [6.45, 7) is 2.44. The number of anilines is 1. The number of nitrogens with zero attached hydrogens (tertiary/aromatic N) is 5. The highest BCUT2D eigenvalue weighted by molar-refractivity contribution is 6.31. The molecular formula is C19H22ClN5O2. The molecule has 0 unspecified atom stereocenters. The molecule has 27 heavy (non-hydrogen) atoms. The van der Waals surface area contributed by atoms with E-state index in [0.717, 1.165) is 38.0 Å². The predicted molar refractivity (Wildman–Crippen MR) is 104 cm³/mol. The van der Waals surface area contributed by atoms with Crippen molar-refractivity contribution in [1.82, 2.24) is 19.4 Å². The first-order valence-electron chi connectivity index (χ1n) is 9.04. The van der Waals surface area contributed by atoms with Gasteiger partial charge in [-0.05, 0) is 30.9 Å². The van der Waals surface area contributed by atoms with Gasteiger partial charge >= 0.3 is 0 Å². The number of rotatable bonds is 4. The zero-order valence-corrected chi connectivity index (χ0v) is 16.2. The molecule has 0 aliphatic carbocycles. The number of fused-ring (bicyclic) bond motifs is 1. The summed E-state index contributed by atoms with van der Waals surface area (Å²) in [5.74, 6) is 0.423. The Bertz CT molecular complexity index is 958. The summed E-state index contributed by atoms with van der Waals surface area (Å²) in [6, 6.07) is 6.12. The Hall–Kier alpha value is -2.54. The van der Waals surface area contributed by atoms with Gasteiger partial charge in [-0.3, -0.25) is 4.79 Å². The Morgan fingerprint density at radius 2 is 2.15 bits per heavy atom. The van der Waals surface area contributed by atoms with Crippen LogP contribution in [-0.2, 0) is 7.05 Å². The molecule has 1 saturated heterocycles. The Kier molecular flexibility index (Phi) is 4.78. The lowest BCUT2D eigenvalue weighted by Gasteiger charge is -2.32. The van der Waals surface area contributed by atoms with Gasteiger partial charge in [-0.25, -0.2) is 4.98 Å². The highest BCUT2D eigenvalue weighted by atomic mass is 35.5. The summed E-state index contributed by atoms with van der Waals surface area (Å²) in [4.78, 5) is 25.1. The molecule has 1 aromatic carbocycles. The second kappa shape index (κ2) is 7.23. The highest BCUT2D eigenvalue weighted by Crippen LogP contribution is 2.28. The Balaban J connectivity index is 1.34. The summed E-state index contributed by atoms with van der Waals surface area (Å²) >= 11 is 6.01. The number of hydrogen-bond donors (Lipinski definition) is 0. The van der Waals surface area contributed by atoms with Crippen molar-refractivity contribution in [2.24, 2.45) is 13.0 Å². The van der Waals surface area contributed by atoms with Crippen LogP contribution in [0.3, 0.4) is 0 Å². The van der Waals surface area contributed by atoms with Gasteiger partial charge in [-0.2, -0.15) is 4.98 Å². The van der Waals surface area contributed by atoms with Gasteiger partial charge in [0.05, 0.1) is 6.33 Å². The molecule has 4 rings (SSSR count). The van der Waals surface area contributed by atoms with Crippen molar-refractivity contribution < 1.29 is 9.21 Å². The summed E-state index contributed by atoms with van der Waals surface area (Å²) < 4.78 is 7.64. The minimum Gasteiger partial charge on any atom is -0.423 e. The van der Waals surface area contributed by atoms with E-state index in [4.69, 9.17) is 16.0 Å². The average molecular weight is 388 g/mol. The standard InChI is InChI=1S/C19H22ClN5O2/c1-23-11-16(21-12-23)18(26)24(2)10-13-5-7-25(8-6-13)19-22-15-4-3-14(20)9-17(15)27-19/h3-4,9,11-13H,5-8,10H2,1-2H3. The third-order valence-corrected chi connectivity index (χ3v) is 5.26. The van der Waals surface area contributed by atoms with Crippen LogP contribution in [0.25, 0.3) is 11.1 Å². The second-order valence-electron chi connectivity index (χ2n) is 7.15. The first-order valence-corrected chi connectivity index (χ1v) is 9.42. The van der Waals surface area contributed by atoms with E-state index < -0.39 is 0 Å². The number of halogens is 1. The van der Waals surface area contributed by atoms with Crippen LogP contribution in [0.15, 0.2) is 35.1 Å². The molecule has 2 aromatic heterocycles. The Morgan fingerprint density at radius 1 is 1.37 bits per heavy atom. The smallest absolute Gasteiger partial charge is 0.298 e. The molecular weight excluding hydrogens is 366 g/mol. The lowest BCUT2D eigenvalue weighted by atomic mass is 9.96. The van der Waals surface area contributed by atoms with Gasteiger partial charge in [0.1, 0.15) is 11.2 Å². The Morgan fingerprint density at radius 3 is 2.85 bits per heavy atom. The molecule has 1 aliphatic heterocycles. The molecule has 0 saturated carbocycles. The van der Waals surface area contributed by atoms with Crippen LogP contribution in [-0.4, -0.2) is 52.0 Å². The molecule has 8 heteroatoms. The summed E-state index contributed by atoms with van der Waals surface area (Å²) in [6.07, 6.45) is 5.37. The van der Waals surface area contributed by atoms with E-state index in [2.05, 4.69) is 14.9 Å². The molecule has 0 bridgehead atoms. The van der Waals surface area contributed by atoms with Gasteiger partial charge in [0.2, 0.25) is 0 Å². The molecule has 1 fully saturated rings. The first-order chi connectivity index (χ1) is 13.0. The number of aromatic nitrogens is 3. The van der Waals surface area contributed by atoms with Crippen LogP contribution in [0, 0.1) is 5.92 Å². The van der Waals surface area contributed by atoms with E-state index in [0.29, 0.717) is 28.2 Å². The van der Waals surface area contributed by atoms with Crippen molar-refractivity contribution in [3.05, 3.63) is 41.4 Å². The van der Waals surface area contributed by atoms with Crippen LogP contribution >= 0.6 is 11.6 Å². The van der Waals surface area contributed by atoms with Crippen LogP contribution in [0.5, 0.6) is 0 Å². The maximum atomic E-state index is 12.4. The number of imidazole rings is 1. The molecule has 1 aliphatic rings. The van der Waals surface area contributed by atoms with Crippen molar-refractivity contribution in [2.45, 2.75) is 12.8 Å². The van der Waals surface area contributed by atoms with Crippen molar-refractivity contribution in [3.8, 4) is 0 Å². The van der Waals surface area contributed by atoms with Crippen LogP contribution in [0.1, 0.15) is 23.3 Å². The van der Waals surface area contributed by atoms with Gasteiger partial charge in [0, 0.05) is 51.0 Å². The van der Waals surface area contributed by atoms with E-state index in [-0.39, 0.29) is 5.91 Å². The number of piperidine rings is 1. The number of aryl methyl sites for hydroxylation is 1. The van der Waals surface area contributed by atoms with Gasteiger partial charge in [-0.1, -0.05) is 11.6 Å². The number of hydrogen-bond acceptors (Lipinski definition) is 5. The number of benzene rings is 1. The second-order valence-corrected chi connectivity index (χ2v) is 7.59. The SMILES string of the molecule is CN(CC1CCN(c2nc3ccc(Cl)cc3o2)CC1)C(=O)c1cn(C)cn1. The van der Waals surface area contributed by atoms with Crippen LogP contribution in [0.4, 0.5) is 6.01 Å². The summed E-state index contributed by atoms with van der Waals surface area (Å²) in [5.41, 5.74) is 2.01. The lowest BCUT2D eigenvalue weighted by Crippen LogP contribution is -2.39. The fourth-order valence-corrected chi connectivity index (χ4v) is 3.68. The van der Waals surface area contributed by atoms with Crippen molar-refractivity contribution in [1.29, 1.82) is 0 Å². The molecule has 0 spiro atoms. The minimum atomic E-state index is -0.0335. The lowest BCUT2D eigenvalue weighted by molar-refractivity contribution is 0.0759. The first kappa shape index (κ1) is 17.9. The zero-order valence-electron chi connectivity index (χ0n) is 15.4. The van der Waals surface area contributed by atoms with Gasteiger partial charge < -0.3 is 18.8 Å². The van der Waals surface area contributed by atoms with E-state index in [1.165, 1.54) is 0 Å². The van der Waals surface area contributed by atoms with E-state index in [1.807, 2.05) is 26.2 Å². The number of carbonyl (C=O) groups is 1. The third-order valence-electron chi connectivity index (χ3n) is 5.03. The molecule has 142 valence electrons. The fourth-order valence-electron chi connectivity index (χ4n) is 3.52. The number of carbonyl (C=O) groups excluding carboxylic acids is 1. The monoisotopic (exact) mass is 387 g/mol. The largest absolute Gasteiger partial charge is 0.423 e. The molecule has 1 amide bonds. The normalized spacial score (nSPS) is 15.4. The van der Waals surface area contributed by atoms with Crippen molar-refractivity contribution >= 4 is 34.6 Å². The molecule has 3 aromatic rings. The molecule has 0 atom stereocenters. The number of oxazole rings is 1. The highest BCUT2D eigenvalue weighted by Gasteiger charge is 2.25. The van der Waals surface area contributed by atoms with Gasteiger partial charge in [0.25, 0.3) is 11.9 Å². The molecule has 0 radical (unpaired) electrons. The van der Waals surface area contributed by atoms with Crippen molar-refractivity contribution in [3.63, 3.8) is 0 Å². The fraction of sp³-hybridized carbons (Fsp3) is 0.421. The third kappa shape index (κ3) is 3.78. The van der Waals surface area contributed by atoms with E-state index >= 15 is 0 Å². The Labute approximate surface area is 162 Å². The minimum absolute atomic E-state index is 0.0335. The summed E-state index contributed by atoms with van der Waals surface area (Å²) in [5, 5.41) is 0.643. The number of amides is 1. The van der Waals surface area contributed by atoms with Crippen LogP contribution < -0.4 is 4.90 Å². The van der Waals surface area contributed by atoms with Crippen molar-refractivity contribution in [2.75, 3.05) is 31.6 Å². The molecule has 3 heterocycles. The predicted octanol–water partition coefficient (Wildman–Crippen LogP) is 3.20. The average Bonchev–Trinajstić information content (AvgIpc) is 3.27. The maximum absolute atomic E-state index is 12.4. The molecule has 0 N–H and O–H groups in total. The van der Waals surface area contributed by atoms with E-state index in [1.54, 1.807) is 28.1 Å². The van der Waals surface area contributed by atoms with Gasteiger partial charge in [0.15, 0.2) is 5.58 Å². The maximum Gasteiger partial charge on any atom is 0.298 e. The zero-order chi connectivity index (χ0) is 19.0. The molecule has 7 nitrogen and oxygen atoms in total. The van der Waals surface area contributed by atoms with E-state index in [9.17, 15) is 4.79 Å².